The number of rotatable bonds is 4. The molecular weight excluding hydrogens is 286 g/mol. The van der Waals surface area contributed by atoms with Crippen LogP contribution in [0.4, 0.5) is 8.78 Å². The van der Waals surface area contributed by atoms with E-state index in [4.69, 9.17) is 5.11 Å². The van der Waals surface area contributed by atoms with Crippen LogP contribution in [-0.2, 0) is 0 Å². The molecule has 0 saturated heterocycles. The van der Waals surface area contributed by atoms with Gasteiger partial charge in [-0.3, -0.25) is 4.79 Å². The highest BCUT2D eigenvalue weighted by Crippen LogP contribution is 2.20. The Morgan fingerprint density at radius 3 is 2.43 bits per heavy atom. The van der Waals surface area contributed by atoms with E-state index in [9.17, 15) is 18.4 Å². The van der Waals surface area contributed by atoms with Crippen LogP contribution in [0.5, 0.6) is 5.75 Å². The van der Waals surface area contributed by atoms with Crippen LogP contribution in [-0.4, -0.2) is 27.7 Å². The van der Waals surface area contributed by atoms with Crippen molar-refractivity contribution >= 4 is 5.97 Å². The molecule has 8 heteroatoms. The molecule has 1 aromatic heterocycles. The molecule has 2 N–H and O–H groups in total. The van der Waals surface area contributed by atoms with Crippen molar-refractivity contribution in [1.82, 2.24) is 9.97 Å². The van der Waals surface area contributed by atoms with Gasteiger partial charge in [0, 0.05) is 5.56 Å². The molecule has 0 aliphatic carbocycles. The van der Waals surface area contributed by atoms with Gasteiger partial charge in [0.15, 0.2) is 0 Å². The Kier molecular flexibility index (Phi) is 3.97. The second-order valence-electron chi connectivity index (χ2n) is 4.08. The lowest BCUT2D eigenvalue weighted by molar-refractivity contribution is -0.0498. The van der Waals surface area contributed by atoms with Gasteiger partial charge >= 0.3 is 12.6 Å². The summed E-state index contributed by atoms with van der Waals surface area (Å²) in [5.41, 5.74) is -0.711. The van der Waals surface area contributed by atoms with Crippen molar-refractivity contribution < 1.29 is 23.4 Å². The van der Waals surface area contributed by atoms with Gasteiger partial charge in [0.2, 0.25) is 0 Å². The third-order valence-electron chi connectivity index (χ3n) is 2.67. The van der Waals surface area contributed by atoms with E-state index in [0.29, 0.717) is 5.56 Å². The van der Waals surface area contributed by atoms with E-state index in [0.717, 1.165) is 0 Å². The number of carboxylic acid groups (broad SMARTS) is 1. The first-order valence-electron chi connectivity index (χ1n) is 5.78. The minimum Gasteiger partial charge on any atom is -0.477 e. The third kappa shape index (κ3) is 3.22. The number of hydrogen-bond acceptors (Lipinski definition) is 4. The first-order chi connectivity index (χ1) is 9.88. The summed E-state index contributed by atoms with van der Waals surface area (Å²) in [6.07, 6.45) is 0. The number of aryl methyl sites for hydroxylation is 1. The zero-order valence-corrected chi connectivity index (χ0v) is 10.8. The Balaban J connectivity index is 2.39. The molecular formula is C13H10F2N2O4. The van der Waals surface area contributed by atoms with Gasteiger partial charge in [-0.1, -0.05) is 0 Å². The SMILES string of the molecule is Cc1nc(-c2ccc(OC(F)F)cc2)[nH]c(=O)c1C(=O)O. The molecule has 1 heterocycles. The first-order valence-corrected chi connectivity index (χ1v) is 5.78. The van der Waals surface area contributed by atoms with E-state index in [-0.39, 0.29) is 17.3 Å². The molecule has 0 atom stereocenters. The van der Waals surface area contributed by atoms with Crippen LogP contribution >= 0.6 is 0 Å². The average molecular weight is 296 g/mol. The molecule has 2 rings (SSSR count). The standard InChI is InChI=1S/C13H10F2N2O4/c1-6-9(12(19)20)11(18)17-10(16-6)7-2-4-8(5-3-7)21-13(14)15/h2-5,13H,1H3,(H,19,20)(H,16,17,18). The van der Waals surface area contributed by atoms with Crippen molar-refractivity contribution in [1.29, 1.82) is 0 Å². The van der Waals surface area contributed by atoms with Gasteiger partial charge in [0.1, 0.15) is 17.1 Å². The van der Waals surface area contributed by atoms with Crippen LogP contribution in [0.2, 0.25) is 0 Å². The lowest BCUT2D eigenvalue weighted by atomic mass is 10.2. The number of halogens is 2. The Morgan fingerprint density at radius 2 is 1.95 bits per heavy atom. The monoisotopic (exact) mass is 296 g/mol. The maximum Gasteiger partial charge on any atom is 0.387 e. The Labute approximate surface area is 117 Å². The van der Waals surface area contributed by atoms with E-state index in [1.807, 2.05) is 0 Å². The van der Waals surface area contributed by atoms with Crippen molar-refractivity contribution in [2.75, 3.05) is 0 Å². The number of H-pyrrole nitrogens is 1. The van der Waals surface area contributed by atoms with Crippen LogP contribution in [0.1, 0.15) is 16.1 Å². The molecule has 0 fully saturated rings. The Bertz CT molecular complexity index is 726. The van der Waals surface area contributed by atoms with E-state index < -0.39 is 23.7 Å². The van der Waals surface area contributed by atoms with Gasteiger partial charge in [0.25, 0.3) is 5.56 Å². The Hall–Kier alpha value is -2.77. The number of nitrogens with zero attached hydrogens (tertiary/aromatic N) is 1. The second-order valence-corrected chi connectivity index (χ2v) is 4.08. The van der Waals surface area contributed by atoms with Crippen LogP contribution in [0.25, 0.3) is 11.4 Å². The number of carboxylic acids is 1. The lowest BCUT2D eigenvalue weighted by Gasteiger charge is -2.07. The number of nitrogens with one attached hydrogen (secondary N) is 1. The fraction of sp³-hybridized carbons (Fsp3) is 0.154. The van der Waals surface area contributed by atoms with Crippen LogP contribution in [0, 0.1) is 6.92 Å². The van der Waals surface area contributed by atoms with Crippen molar-refractivity contribution in [2.45, 2.75) is 13.5 Å². The van der Waals surface area contributed by atoms with Gasteiger partial charge in [-0.2, -0.15) is 8.78 Å². The highest BCUT2D eigenvalue weighted by molar-refractivity contribution is 5.88. The average Bonchev–Trinajstić information content (AvgIpc) is 2.37. The molecule has 0 saturated carbocycles. The van der Waals surface area contributed by atoms with Gasteiger partial charge in [-0.05, 0) is 31.2 Å². The molecule has 0 bridgehead atoms. The number of benzene rings is 1. The summed E-state index contributed by atoms with van der Waals surface area (Å²) in [5, 5.41) is 8.88. The highest BCUT2D eigenvalue weighted by Gasteiger charge is 2.15. The molecule has 6 nitrogen and oxygen atoms in total. The van der Waals surface area contributed by atoms with E-state index >= 15 is 0 Å². The zero-order valence-electron chi connectivity index (χ0n) is 10.8. The predicted octanol–water partition coefficient (Wildman–Crippen LogP) is 2.04. The molecule has 0 radical (unpaired) electrons. The molecule has 0 spiro atoms. The topological polar surface area (TPSA) is 92.3 Å². The fourth-order valence-electron chi connectivity index (χ4n) is 1.77. The van der Waals surface area contributed by atoms with Crippen LogP contribution in [0.3, 0.4) is 0 Å². The van der Waals surface area contributed by atoms with Crippen LogP contribution in [0.15, 0.2) is 29.1 Å². The molecule has 0 unspecified atom stereocenters. The van der Waals surface area contributed by atoms with Gasteiger partial charge in [-0.25, -0.2) is 9.78 Å². The second kappa shape index (κ2) is 5.70. The molecule has 21 heavy (non-hydrogen) atoms. The fourth-order valence-corrected chi connectivity index (χ4v) is 1.77. The normalized spacial score (nSPS) is 10.7. The largest absolute Gasteiger partial charge is 0.477 e. The summed E-state index contributed by atoms with van der Waals surface area (Å²) in [7, 11) is 0. The number of carbonyl (C=O) groups is 1. The van der Waals surface area contributed by atoms with Crippen molar-refractivity contribution in [3.05, 3.63) is 45.9 Å². The van der Waals surface area contributed by atoms with Crippen molar-refractivity contribution in [3.8, 4) is 17.1 Å². The highest BCUT2D eigenvalue weighted by atomic mass is 19.3. The summed E-state index contributed by atoms with van der Waals surface area (Å²) in [4.78, 5) is 28.9. The summed E-state index contributed by atoms with van der Waals surface area (Å²) < 4.78 is 28.3. The number of alkyl halides is 2. The summed E-state index contributed by atoms with van der Waals surface area (Å²) in [5.74, 6) is -1.26. The summed E-state index contributed by atoms with van der Waals surface area (Å²) >= 11 is 0. The quantitative estimate of drug-likeness (QED) is 0.900. The molecule has 0 aliphatic heterocycles. The minimum atomic E-state index is -2.93. The number of ether oxygens (including phenoxy) is 1. The van der Waals surface area contributed by atoms with Gasteiger partial charge in [-0.15, -0.1) is 0 Å². The van der Waals surface area contributed by atoms with E-state index in [2.05, 4.69) is 14.7 Å². The first kappa shape index (κ1) is 14.6. The number of aromatic nitrogens is 2. The third-order valence-corrected chi connectivity index (χ3v) is 2.67. The zero-order chi connectivity index (χ0) is 15.6. The molecule has 2 aromatic rings. The number of hydrogen-bond donors (Lipinski definition) is 2. The number of aromatic carboxylic acids is 1. The van der Waals surface area contributed by atoms with Crippen LogP contribution < -0.4 is 10.3 Å². The van der Waals surface area contributed by atoms with E-state index in [1.165, 1.54) is 31.2 Å². The maximum atomic E-state index is 12.0. The lowest BCUT2D eigenvalue weighted by Crippen LogP contribution is -2.21. The maximum absolute atomic E-state index is 12.0. The van der Waals surface area contributed by atoms with Gasteiger partial charge in [0.05, 0.1) is 5.69 Å². The summed E-state index contributed by atoms with van der Waals surface area (Å²) in [6.45, 7) is -1.53. The van der Waals surface area contributed by atoms with Crippen molar-refractivity contribution in [2.24, 2.45) is 0 Å². The molecule has 0 aliphatic rings. The molecule has 0 amide bonds. The molecule has 1 aromatic carbocycles. The van der Waals surface area contributed by atoms with E-state index in [1.54, 1.807) is 0 Å². The van der Waals surface area contributed by atoms with Gasteiger partial charge < -0.3 is 14.8 Å². The summed E-state index contributed by atoms with van der Waals surface area (Å²) in [6, 6.07) is 5.44. The number of aromatic amines is 1. The predicted molar refractivity (Wildman–Crippen MR) is 68.6 cm³/mol. The minimum absolute atomic E-state index is 0.0324. The Morgan fingerprint density at radius 1 is 1.33 bits per heavy atom. The van der Waals surface area contributed by atoms with Crippen molar-refractivity contribution in [3.63, 3.8) is 0 Å². The smallest absolute Gasteiger partial charge is 0.387 e. The molecule has 110 valence electrons.